The summed E-state index contributed by atoms with van der Waals surface area (Å²) in [5, 5.41) is 10.9. The average Bonchev–Trinajstić information content (AvgIpc) is 2.34. The molecule has 1 fully saturated rings. The minimum absolute atomic E-state index is 0.0576. The topological polar surface area (TPSA) is 97.6 Å². The van der Waals surface area contributed by atoms with Gasteiger partial charge in [0.15, 0.2) is 0 Å². The number of carbonyl (C=O) groups excluding carboxylic acids is 1. The molecule has 0 aliphatic heterocycles. The fourth-order valence-electron chi connectivity index (χ4n) is 2.10. The Morgan fingerprint density at radius 3 is 2.43 bits per heavy atom. The molecule has 9 heteroatoms. The van der Waals surface area contributed by atoms with Crippen molar-refractivity contribution in [2.45, 2.75) is 30.2 Å². The highest BCUT2D eigenvalue weighted by Crippen LogP contribution is 2.28. The molecule has 0 saturated heterocycles. The molecule has 0 atom stereocenters. The van der Waals surface area contributed by atoms with Gasteiger partial charge in [-0.2, -0.15) is 0 Å². The van der Waals surface area contributed by atoms with E-state index in [9.17, 15) is 23.3 Å². The summed E-state index contributed by atoms with van der Waals surface area (Å²) in [6.45, 7) is 0. The van der Waals surface area contributed by atoms with Crippen LogP contribution in [0.25, 0.3) is 0 Å². The molecule has 2 rings (SSSR count). The highest BCUT2D eigenvalue weighted by Gasteiger charge is 2.28. The van der Waals surface area contributed by atoms with Crippen molar-refractivity contribution in [3.63, 3.8) is 0 Å². The first-order valence-corrected chi connectivity index (χ1v) is 8.52. The van der Waals surface area contributed by atoms with Gasteiger partial charge in [-0.25, -0.2) is 8.42 Å². The van der Waals surface area contributed by atoms with E-state index in [1.165, 1.54) is 4.90 Å². The van der Waals surface area contributed by atoms with Crippen LogP contribution < -0.4 is 0 Å². The zero-order valence-corrected chi connectivity index (χ0v) is 12.7. The number of hydrogen-bond donors (Lipinski definition) is 0. The normalized spacial score (nSPS) is 15.3. The average molecular weight is 333 g/mol. The Morgan fingerprint density at radius 2 is 2.00 bits per heavy atom. The molecule has 0 N–H and O–H groups in total. The van der Waals surface area contributed by atoms with Crippen molar-refractivity contribution in [3.05, 3.63) is 33.9 Å². The fraction of sp³-hybridized carbons (Fsp3) is 0.417. The van der Waals surface area contributed by atoms with E-state index < -0.39 is 30.5 Å². The van der Waals surface area contributed by atoms with Gasteiger partial charge in [0, 0.05) is 41.5 Å². The van der Waals surface area contributed by atoms with Crippen LogP contribution in [0.5, 0.6) is 0 Å². The first kappa shape index (κ1) is 15.7. The van der Waals surface area contributed by atoms with E-state index in [-0.39, 0.29) is 11.6 Å². The Hall–Kier alpha value is -1.67. The zero-order chi connectivity index (χ0) is 15.8. The summed E-state index contributed by atoms with van der Waals surface area (Å²) in [6.07, 6.45) is 2.77. The number of halogens is 1. The Balaban J connectivity index is 2.44. The predicted octanol–water partition coefficient (Wildman–Crippen LogP) is 2.15. The molecule has 21 heavy (non-hydrogen) atoms. The van der Waals surface area contributed by atoms with Crippen LogP contribution in [-0.4, -0.2) is 37.2 Å². The van der Waals surface area contributed by atoms with Gasteiger partial charge in [-0.3, -0.25) is 14.9 Å². The van der Waals surface area contributed by atoms with Crippen LogP contribution in [0.1, 0.15) is 29.6 Å². The van der Waals surface area contributed by atoms with Gasteiger partial charge in [0.1, 0.15) is 0 Å². The summed E-state index contributed by atoms with van der Waals surface area (Å²) in [5.74, 6) is -0.454. The van der Waals surface area contributed by atoms with E-state index in [1.807, 2.05) is 0 Å². The summed E-state index contributed by atoms with van der Waals surface area (Å²) < 4.78 is 22.7. The van der Waals surface area contributed by atoms with E-state index >= 15 is 0 Å². The zero-order valence-electron chi connectivity index (χ0n) is 11.2. The lowest BCUT2D eigenvalue weighted by molar-refractivity contribution is -0.385. The number of benzene rings is 1. The lowest BCUT2D eigenvalue weighted by Crippen LogP contribution is -2.41. The third-order valence-electron chi connectivity index (χ3n) is 3.57. The van der Waals surface area contributed by atoms with E-state index in [0.29, 0.717) is 0 Å². The predicted molar refractivity (Wildman–Crippen MR) is 75.9 cm³/mol. The van der Waals surface area contributed by atoms with Crippen LogP contribution in [0.2, 0.25) is 0 Å². The third-order valence-corrected chi connectivity index (χ3v) is 4.91. The van der Waals surface area contributed by atoms with E-state index in [1.54, 1.807) is 7.05 Å². The quantitative estimate of drug-likeness (QED) is 0.478. The molecule has 7 nitrogen and oxygen atoms in total. The molecule has 0 unspecified atom stereocenters. The van der Waals surface area contributed by atoms with Crippen LogP contribution in [0.3, 0.4) is 0 Å². The molecule has 1 amide bonds. The number of nitro groups is 1. The number of nitro benzene ring substituents is 1. The summed E-state index contributed by atoms with van der Waals surface area (Å²) >= 11 is 0. The van der Waals surface area contributed by atoms with Crippen molar-refractivity contribution < 1.29 is 18.1 Å². The number of carbonyl (C=O) groups is 1. The SMILES string of the molecule is CN(C(=O)c1cc([N+](=O)[O-])cc(S(=O)(=O)Cl)c1)C1CCC1. The summed E-state index contributed by atoms with van der Waals surface area (Å²) in [5.41, 5.74) is -0.542. The van der Waals surface area contributed by atoms with Gasteiger partial charge < -0.3 is 4.90 Å². The highest BCUT2D eigenvalue weighted by atomic mass is 35.7. The number of hydrogen-bond acceptors (Lipinski definition) is 5. The Bertz CT molecular complexity index is 700. The second kappa shape index (κ2) is 5.61. The lowest BCUT2D eigenvalue weighted by Gasteiger charge is -2.34. The van der Waals surface area contributed by atoms with Crippen LogP contribution in [0.4, 0.5) is 5.69 Å². The van der Waals surface area contributed by atoms with Gasteiger partial charge in [-0.05, 0) is 25.3 Å². The standard InChI is InChI=1S/C12H13ClN2O5S/c1-14(9-3-2-4-9)12(16)8-5-10(15(17)18)7-11(6-8)21(13,19)20/h5-7,9H,2-4H2,1H3. The van der Waals surface area contributed by atoms with Crippen LogP contribution >= 0.6 is 10.7 Å². The van der Waals surface area contributed by atoms with Gasteiger partial charge in [-0.1, -0.05) is 0 Å². The molecular weight excluding hydrogens is 320 g/mol. The number of rotatable bonds is 4. The van der Waals surface area contributed by atoms with Crippen molar-refractivity contribution in [1.82, 2.24) is 4.90 Å². The lowest BCUT2D eigenvalue weighted by atomic mass is 9.91. The molecular formula is C12H13ClN2O5S. The van der Waals surface area contributed by atoms with Gasteiger partial charge in [-0.15, -0.1) is 0 Å². The van der Waals surface area contributed by atoms with E-state index in [2.05, 4.69) is 0 Å². The smallest absolute Gasteiger partial charge is 0.271 e. The molecule has 0 heterocycles. The maximum absolute atomic E-state index is 12.3. The summed E-state index contributed by atoms with van der Waals surface area (Å²) in [7, 11) is 2.66. The monoisotopic (exact) mass is 332 g/mol. The molecule has 1 aromatic rings. The second-order valence-electron chi connectivity index (χ2n) is 4.91. The van der Waals surface area contributed by atoms with Crippen molar-refractivity contribution in [2.24, 2.45) is 0 Å². The fourth-order valence-corrected chi connectivity index (χ4v) is 2.89. The van der Waals surface area contributed by atoms with Crippen molar-refractivity contribution in [2.75, 3.05) is 7.05 Å². The van der Waals surface area contributed by atoms with E-state index in [0.717, 1.165) is 37.5 Å². The van der Waals surface area contributed by atoms with Gasteiger partial charge >= 0.3 is 0 Å². The Morgan fingerprint density at radius 1 is 1.38 bits per heavy atom. The minimum atomic E-state index is -4.16. The molecule has 1 aliphatic rings. The summed E-state index contributed by atoms with van der Waals surface area (Å²) in [4.78, 5) is 23.4. The molecule has 1 saturated carbocycles. The summed E-state index contributed by atoms with van der Waals surface area (Å²) in [6, 6.07) is 3.05. The minimum Gasteiger partial charge on any atom is -0.339 e. The molecule has 1 aromatic carbocycles. The van der Waals surface area contributed by atoms with Crippen molar-refractivity contribution >= 4 is 31.3 Å². The van der Waals surface area contributed by atoms with E-state index in [4.69, 9.17) is 10.7 Å². The molecule has 0 radical (unpaired) electrons. The van der Waals surface area contributed by atoms with Gasteiger partial charge in [0.05, 0.1) is 9.82 Å². The molecule has 1 aliphatic carbocycles. The van der Waals surface area contributed by atoms with Crippen LogP contribution in [0, 0.1) is 10.1 Å². The first-order valence-electron chi connectivity index (χ1n) is 6.21. The molecule has 0 spiro atoms. The number of amides is 1. The largest absolute Gasteiger partial charge is 0.339 e. The molecule has 0 aromatic heterocycles. The third kappa shape index (κ3) is 3.33. The van der Waals surface area contributed by atoms with Crippen molar-refractivity contribution in [1.29, 1.82) is 0 Å². The van der Waals surface area contributed by atoms with Gasteiger partial charge in [0.2, 0.25) is 0 Å². The Labute approximate surface area is 126 Å². The molecule has 0 bridgehead atoms. The Kier molecular flexibility index (Phi) is 4.20. The van der Waals surface area contributed by atoms with Crippen LogP contribution in [0.15, 0.2) is 23.1 Å². The van der Waals surface area contributed by atoms with Crippen LogP contribution in [-0.2, 0) is 9.05 Å². The van der Waals surface area contributed by atoms with Gasteiger partial charge in [0.25, 0.3) is 20.6 Å². The second-order valence-corrected chi connectivity index (χ2v) is 7.48. The highest BCUT2D eigenvalue weighted by molar-refractivity contribution is 8.13. The maximum atomic E-state index is 12.3. The number of non-ortho nitro benzene ring substituents is 1. The number of nitrogens with zero attached hydrogens (tertiary/aromatic N) is 2. The van der Waals surface area contributed by atoms with Crippen molar-refractivity contribution in [3.8, 4) is 0 Å². The maximum Gasteiger partial charge on any atom is 0.271 e. The molecule has 114 valence electrons. The first-order chi connectivity index (χ1) is 9.70.